The van der Waals surface area contributed by atoms with E-state index in [-0.39, 0.29) is 35.5 Å². The molecule has 4 rings (SSSR count). The Kier molecular flexibility index (Phi) is 7.28. The van der Waals surface area contributed by atoms with Crippen molar-refractivity contribution in [2.24, 2.45) is 0 Å². The molecule has 1 atom stereocenters. The lowest BCUT2D eigenvalue weighted by Gasteiger charge is -2.36. The summed E-state index contributed by atoms with van der Waals surface area (Å²) in [5.74, 6) is -2.06. The third kappa shape index (κ3) is 5.66. The highest BCUT2D eigenvalue weighted by molar-refractivity contribution is 6.30. The highest BCUT2D eigenvalue weighted by atomic mass is 35.5. The summed E-state index contributed by atoms with van der Waals surface area (Å²) >= 11 is 6.03. The monoisotopic (exact) mass is 518 g/mol. The molecule has 1 unspecified atom stereocenters. The minimum Gasteiger partial charge on any atom is -0.508 e. The van der Waals surface area contributed by atoms with Gasteiger partial charge in [0.25, 0.3) is 0 Å². The summed E-state index contributed by atoms with van der Waals surface area (Å²) in [7, 11) is 0. The Morgan fingerprint density at radius 2 is 1.56 bits per heavy atom. The van der Waals surface area contributed by atoms with Crippen LogP contribution in [0.4, 0.5) is 22.0 Å². The number of pyridine rings is 1. The van der Waals surface area contributed by atoms with E-state index in [0.29, 0.717) is 11.1 Å². The Morgan fingerprint density at radius 1 is 0.833 bits per heavy atom. The van der Waals surface area contributed by atoms with Crippen LogP contribution in [0.25, 0.3) is 0 Å². The molecule has 186 valence electrons. The molecule has 0 amide bonds. The maximum absolute atomic E-state index is 14.6. The number of hydrogen-bond donors (Lipinski definition) is 2. The average molecular weight is 519 g/mol. The average Bonchev–Trinajstić information content (AvgIpc) is 2.83. The van der Waals surface area contributed by atoms with Crippen LogP contribution in [0.15, 0.2) is 85.1 Å². The summed E-state index contributed by atoms with van der Waals surface area (Å²) in [5.41, 5.74) is -1.39. The molecule has 0 aliphatic rings. The number of hydrogen-bond acceptors (Lipinski definition) is 3. The van der Waals surface area contributed by atoms with E-state index >= 15 is 0 Å². The molecule has 9 heteroatoms. The number of nitrogens with one attached hydrogen (secondary N) is 1. The molecule has 0 bridgehead atoms. The fourth-order valence-electron chi connectivity index (χ4n) is 4.06. The lowest BCUT2D eigenvalue weighted by molar-refractivity contribution is -0.137. The third-order valence-corrected chi connectivity index (χ3v) is 6.05. The van der Waals surface area contributed by atoms with Crippen LogP contribution in [0.2, 0.25) is 5.02 Å². The van der Waals surface area contributed by atoms with Crippen molar-refractivity contribution >= 4 is 11.6 Å². The number of nitrogens with zero attached hydrogens (tertiary/aromatic N) is 1. The molecule has 0 spiro atoms. The predicted molar refractivity (Wildman–Crippen MR) is 126 cm³/mol. The van der Waals surface area contributed by atoms with Crippen molar-refractivity contribution in [1.29, 1.82) is 0 Å². The van der Waals surface area contributed by atoms with Crippen LogP contribution < -0.4 is 5.32 Å². The summed E-state index contributed by atoms with van der Waals surface area (Å²) < 4.78 is 69.2. The van der Waals surface area contributed by atoms with E-state index in [1.807, 2.05) is 0 Å². The molecule has 3 aromatic carbocycles. The fraction of sp³-hybridized carbons (Fsp3) is 0.148. The van der Waals surface area contributed by atoms with E-state index in [9.17, 15) is 27.1 Å². The summed E-state index contributed by atoms with van der Waals surface area (Å²) in [6.07, 6.45) is -3.37. The molecule has 0 aliphatic heterocycles. The zero-order valence-electron chi connectivity index (χ0n) is 18.7. The van der Waals surface area contributed by atoms with E-state index < -0.39 is 28.9 Å². The van der Waals surface area contributed by atoms with Crippen molar-refractivity contribution < 1.29 is 27.1 Å². The SMILES string of the molecule is Oc1cc(F)ccc1CNC(Cc1ccccc1)(c1cc(F)cc(C(F)(F)F)c1)c1ccc(Cl)cn1. The standard InChI is InChI=1S/C27H20ClF5N2O/c28-21-7-9-25(34-16-21)26(14-17-4-2-1-3-5-17,35-15-18-6-8-22(29)13-24(18)36)19-10-20(27(31,32)33)12-23(30)11-19/h1-13,16,35-36H,14-15H2. The summed E-state index contributed by atoms with van der Waals surface area (Å²) in [4.78, 5) is 4.37. The second kappa shape index (κ2) is 10.2. The number of alkyl halides is 3. The minimum absolute atomic E-state index is 0.0323. The normalized spacial score (nSPS) is 13.4. The van der Waals surface area contributed by atoms with Crippen LogP contribution in [-0.4, -0.2) is 10.1 Å². The quantitative estimate of drug-likeness (QED) is 0.259. The summed E-state index contributed by atoms with van der Waals surface area (Å²) in [5, 5.41) is 13.7. The fourth-order valence-corrected chi connectivity index (χ4v) is 4.17. The second-order valence-corrected chi connectivity index (χ2v) is 8.72. The van der Waals surface area contributed by atoms with Crippen LogP contribution in [0.3, 0.4) is 0 Å². The molecule has 0 aliphatic carbocycles. The van der Waals surface area contributed by atoms with Crippen LogP contribution in [-0.2, 0) is 24.7 Å². The zero-order valence-corrected chi connectivity index (χ0v) is 19.4. The van der Waals surface area contributed by atoms with Gasteiger partial charge >= 0.3 is 6.18 Å². The number of halogens is 6. The second-order valence-electron chi connectivity index (χ2n) is 8.28. The van der Waals surface area contributed by atoms with Crippen LogP contribution in [0.1, 0.15) is 27.9 Å². The van der Waals surface area contributed by atoms with Crippen molar-refractivity contribution in [3.05, 3.63) is 130 Å². The van der Waals surface area contributed by atoms with Crippen molar-refractivity contribution in [1.82, 2.24) is 10.3 Å². The topological polar surface area (TPSA) is 45.1 Å². The van der Waals surface area contributed by atoms with Gasteiger partial charge in [0.2, 0.25) is 0 Å². The van der Waals surface area contributed by atoms with Gasteiger partial charge in [-0.05, 0) is 47.5 Å². The van der Waals surface area contributed by atoms with E-state index in [4.69, 9.17) is 11.6 Å². The molecule has 4 aromatic rings. The molecule has 1 heterocycles. The number of phenolic OH excluding ortho intramolecular Hbond substituents is 1. The lowest BCUT2D eigenvalue weighted by Crippen LogP contribution is -2.46. The Labute approximate surface area is 209 Å². The molecule has 2 N–H and O–H groups in total. The van der Waals surface area contributed by atoms with E-state index in [0.717, 1.165) is 29.8 Å². The molecule has 1 aromatic heterocycles. The first kappa shape index (κ1) is 25.6. The van der Waals surface area contributed by atoms with Crippen LogP contribution >= 0.6 is 11.6 Å². The van der Waals surface area contributed by atoms with Crippen LogP contribution in [0, 0.1) is 11.6 Å². The van der Waals surface area contributed by atoms with Crippen molar-refractivity contribution in [3.63, 3.8) is 0 Å². The van der Waals surface area contributed by atoms with Crippen molar-refractivity contribution in [2.45, 2.75) is 24.7 Å². The first-order valence-electron chi connectivity index (χ1n) is 10.8. The molecule has 0 fully saturated rings. The molecule has 36 heavy (non-hydrogen) atoms. The van der Waals surface area contributed by atoms with E-state index in [1.54, 1.807) is 36.4 Å². The maximum atomic E-state index is 14.6. The Morgan fingerprint density at radius 3 is 2.19 bits per heavy atom. The molecule has 3 nitrogen and oxygen atoms in total. The van der Waals surface area contributed by atoms with Gasteiger partial charge in [0.1, 0.15) is 17.4 Å². The van der Waals surface area contributed by atoms with Gasteiger partial charge in [0.05, 0.1) is 21.8 Å². The maximum Gasteiger partial charge on any atom is 0.416 e. The van der Waals surface area contributed by atoms with Crippen molar-refractivity contribution in [2.75, 3.05) is 0 Å². The third-order valence-electron chi connectivity index (χ3n) is 5.82. The smallest absolute Gasteiger partial charge is 0.416 e. The molecule has 0 saturated carbocycles. The number of aromatic hydroxyl groups is 1. The van der Waals surface area contributed by atoms with Gasteiger partial charge in [0.15, 0.2) is 0 Å². The van der Waals surface area contributed by atoms with Gasteiger partial charge in [-0.25, -0.2) is 8.78 Å². The van der Waals surface area contributed by atoms with Gasteiger partial charge in [-0.2, -0.15) is 13.2 Å². The molecular formula is C27H20ClF5N2O. The number of phenols is 1. The Balaban J connectivity index is 1.93. The van der Waals surface area contributed by atoms with Gasteiger partial charge in [-0.15, -0.1) is 0 Å². The van der Waals surface area contributed by atoms with Crippen molar-refractivity contribution in [3.8, 4) is 5.75 Å². The number of rotatable bonds is 7. The number of benzene rings is 3. The van der Waals surface area contributed by atoms with Gasteiger partial charge < -0.3 is 5.11 Å². The lowest BCUT2D eigenvalue weighted by atomic mass is 9.79. The van der Waals surface area contributed by atoms with Gasteiger partial charge in [0, 0.05) is 30.8 Å². The van der Waals surface area contributed by atoms with Gasteiger partial charge in [-0.1, -0.05) is 48.0 Å². The molecular weight excluding hydrogens is 499 g/mol. The molecule has 0 saturated heterocycles. The first-order chi connectivity index (χ1) is 17.1. The first-order valence-corrected chi connectivity index (χ1v) is 11.2. The van der Waals surface area contributed by atoms with Crippen LogP contribution in [0.5, 0.6) is 5.75 Å². The van der Waals surface area contributed by atoms with Gasteiger partial charge in [-0.3, -0.25) is 10.3 Å². The van der Waals surface area contributed by atoms with E-state index in [2.05, 4.69) is 10.3 Å². The van der Waals surface area contributed by atoms with E-state index in [1.165, 1.54) is 18.3 Å². The molecule has 0 radical (unpaired) electrons. The zero-order chi connectivity index (χ0) is 25.9. The summed E-state index contributed by atoms with van der Waals surface area (Å²) in [6.45, 7) is -0.0961. The highest BCUT2D eigenvalue weighted by Gasteiger charge is 2.39. The largest absolute Gasteiger partial charge is 0.508 e. The predicted octanol–water partition coefficient (Wildman–Crippen LogP) is 7.01. The highest BCUT2D eigenvalue weighted by Crippen LogP contribution is 2.38. The Hall–Kier alpha value is -3.49. The minimum atomic E-state index is -4.79. The Bertz CT molecular complexity index is 1350. The number of aromatic nitrogens is 1. The summed E-state index contributed by atoms with van der Waals surface area (Å²) in [6, 6.07) is 17.7.